The van der Waals surface area contributed by atoms with Crippen molar-refractivity contribution in [2.75, 3.05) is 50.8 Å². The van der Waals surface area contributed by atoms with E-state index in [9.17, 15) is 22.8 Å². The molecule has 212 valence electrons. The largest absolute Gasteiger partial charge is 0.492 e. The summed E-state index contributed by atoms with van der Waals surface area (Å²) in [6.45, 7) is 2.80. The zero-order valence-corrected chi connectivity index (χ0v) is 21.7. The van der Waals surface area contributed by atoms with Crippen molar-refractivity contribution in [2.24, 2.45) is 5.92 Å². The number of nitrogens with one attached hydrogen (secondary N) is 2. The molecule has 3 atom stereocenters. The average Bonchev–Trinajstić information content (AvgIpc) is 3.44. The van der Waals surface area contributed by atoms with Gasteiger partial charge in [0.15, 0.2) is 5.92 Å². The number of alkyl halides is 3. The van der Waals surface area contributed by atoms with Gasteiger partial charge in [0, 0.05) is 56.6 Å². The minimum absolute atomic E-state index is 0.00902. The fourth-order valence-electron chi connectivity index (χ4n) is 5.63. The molecule has 1 aromatic heterocycles. The molecule has 2 aromatic rings. The maximum Gasteiger partial charge on any atom is 0.402 e. The van der Waals surface area contributed by atoms with Gasteiger partial charge in [0.2, 0.25) is 5.91 Å². The lowest BCUT2D eigenvalue weighted by Crippen LogP contribution is -2.65. The molecule has 10 nitrogen and oxygen atoms in total. The summed E-state index contributed by atoms with van der Waals surface area (Å²) < 4.78 is 47.0. The highest BCUT2D eigenvalue weighted by Crippen LogP contribution is 2.35. The van der Waals surface area contributed by atoms with Gasteiger partial charge in [-0.25, -0.2) is 10.4 Å². The lowest BCUT2D eigenvalue weighted by atomic mass is 9.94. The predicted octanol–water partition coefficient (Wildman–Crippen LogP) is 1.94. The molecule has 2 N–H and O–H groups in total. The van der Waals surface area contributed by atoms with Gasteiger partial charge in [0.05, 0.1) is 5.56 Å². The van der Waals surface area contributed by atoms with E-state index in [1.807, 2.05) is 6.07 Å². The van der Waals surface area contributed by atoms with E-state index >= 15 is 0 Å². The van der Waals surface area contributed by atoms with Gasteiger partial charge in [-0.15, -0.1) is 0 Å². The van der Waals surface area contributed by atoms with Crippen LogP contribution >= 0.6 is 0 Å². The Labute approximate surface area is 229 Å². The van der Waals surface area contributed by atoms with Gasteiger partial charge >= 0.3 is 6.18 Å². The Kier molecular flexibility index (Phi) is 8.09. The van der Waals surface area contributed by atoms with Crippen LogP contribution in [0.25, 0.3) is 0 Å². The minimum Gasteiger partial charge on any atom is -0.492 e. The van der Waals surface area contributed by atoms with Crippen molar-refractivity contribution < 1.29 is 27.5 Å². The molecule has 40 heavy (non-hydrogen) atoms. The highest BCUT2D eigenvalue weighted by molar-refractivity contribution is 5.94. The molecule has 4 heterocycles. The summed E-state index contributed by atoms with van der Waals surface area (Å²) >= 11 is 0. The number of anilines is 1. The number of rotatable bonds is 6. The number of nitrogens with zero attached hydrogens (tertiary/aromatic N) is 5. The summed E-state index contributed by atoms with van der Waals surface area (Å²) in [6.07, 6.45) is -1.76. The second kappa shape index (κ2) is 11.7. The maximum atomic E-state index is 13.7. The molecule has 3 fully saturated rings. The molecule has 0 bridgehead atoms. The Bertz CT molecular complexity index is 1260. The first-order chi connectivity index (χ1) is 19.2. The van der Waals surface area contributed by atoms with E-state index in [0.29, 0.717) is 62.4 Å². The van der Waals surface area contributed by atoms with Gasteiger partial charge < -0.3 is 14.5 Å². The zero-order chi connectivity index (χ0) is 28.3. The smallest absolute Gasteiger partial charge is 0.402 e. The van der Waals surface area contributed by atoms with Crippen LogP contribution in [0.5, 0.6) is 5.75 Å². The summed E-state index contributed by atoms with van der Waals surface area (Å²) in [7, 11) is 0. The predicted molar refractivity (Wildman–Crippen MR) is 138 cm³/mol. The Morgan fingerprint density at radius 2 is 1.95 bits per heavy atom. The molecular formula is C27H30F3N7O3. The van der Waals surface area contributed by atoms with Crippen LogP contribution in [0.15, 0.2) is 42.6 Å². The molecule has 0 aliphatic carbocycles. The molecule has 1 aromatic carbocycles. The third-order valence-electron chi connectivity index (χ3n) is 7.68. The molecule has 13 heteroatoms. The van der Waals surface area contributed by atoms with E-state index < -0.39 is 24.0 Å². The van der Waals surface area contributed by atoms with Crippen LogP contribution in [-0.2, 0) is 4.79 Å². The van der Waals surface area contributed by atoms with Gasteiger partial charge in [-0.3, -0.25) is 19.9 Å². The molecule has 3 aliphatic rings. The molecule has 3 saturated heterocycles. The molecule has 3 unspecified atom stereocenters. The van der Waals surface area contributed by atoms with Crippen molar-refractivity contribution in [2.45, 2.75) is 31.1 Å². The molecule has 3 aliphatic heterocycles. The number of hydrogen-bond donors (Lipinski definition) is 2. The van der Waals surface area contributed by atoms with Crippen LogP contribution in [0.4, 0.5) is 19.0 Å². The van der Waals surface area contributed by atoms with Crippen LogP contribution in [0.2, 0.25) is 0 Å². The number of ether oxygens (including phenoxy) is 1. The fourth-order valence-corrected chi connectivity index (χ4v) is 5.63. The Morgan fingerprint density at radius 3 is 2.65 bits per heavy atom. The van der Waals surface area contributed by atoms with E-state index in [1.54, 1.807) is 46.2 Å². The summed E-state index contributed by atoms with van der Waals surface area (Å²) in [4.78, 5) is 35.1. The van der Waals surface area contributed by atoms with Crippen molar-refractivity contribution in [3.63, 3.8) is 0 Å². The Morgan fingerprint density at radius 1 is 1.15 bits per heavy atom. The molecule has 0 radical (unpaired) electrons. The van der Waals surface area contributed by atoms with E-state index in [2.05, 4.69) is 20.7 Å². The molecule has 2 amide bonds. The number of piperazine rings is 1. The summed E-state index contributed by atoms with van der Waals surface area (Å²) in [5.74, 6) is -2.09. The first-order valence-electron chi connectivity index (χ1n) is 13.2. The van der Waals surface area contributed by atoms with E-state index in [1.165, 1.54) is 6.20 Å². The number of hydrogen-bond acceptors (Lipinski definition) is 8. The molecule has 0 spiro atoms. The second-order valence-corrected chi connectivity index (χ2v) is 10.1. The third-order valence-corrected chi connectivity index (χ3v) is 7.68. The van der Waals surface area contributed by atoms with Gasteiger partial charge in [-0.1, -0.05) is 6.07 Å². The number of hydrazine groups is 1. The first kappa shape index (κ1) is 27.7. The monoisotopic (exact) mass is 557 g/mol. The van der Waals surface area contributed by atoms with Crippen LogP contribution in [0, 0.1) is 17.2 Å². The van der Waals surface area contributed by atoms with E-state index in [-0.39, 0.29) is 25.1 Å². The van der Waals surface area contributed by atoms with Gasteiger partial charge in [0.1, 0.15) is 24.2 Å². The minimum atomic E-state index is -4.65. The summed E-state index contributed by atoms with van der Waals surface area (Å²) in [5, 5.41) is 8.95. The van der Waals surface area contributed by atoms with E-state index in [4.69, 9.17) is 10.00 Å². The molecular weight excluding hydrogens is 527 g/mol. The van der Waals surface area contributed by atoms with Gasteiger partial charge in [-0.05, 0) is 49.7 Å². The van der Waals surface area contributed by atoms with E-state index in [0.717, 1.165) is 5.82 Å². The first-order valence-corrected chi connectivity index (χ1v) is 13.2. The average molecular weight is 558 g/mol. The van der Waals surface area contributed by atoms with Gasteiger partial charge in [0.25, 0.3) is 5.91 Å². The quantitative estimate of drug-likeness (QED) is 0.554. The van der Waals surface area contributed by atoms with Crippen molar-refractivity contribution in [3.05, 3.63) is 53.7 Å². The lowest BCUT2D eigenvalue weighted by molar-refractivity contribution is -0.201. The SMILES string of the molecule is N#Cc1ccc(N2CCN(C(=O)c3cccc(OCC4CCCN4C4CNNC(=O)C4C(F)(F)F)c3)CC2)nc1. The Hall–Kier alpha value is -3.89. The third kappa shape index (κ3) is 5.97. The normalized spacial score (nSPS) is 23.9. The van der Waals surface area contributed by atoms with Crippen molar-refractivity contribution in [1.82, 2.24) is 25.6 Å². The summed E-state index contributed by atoms with van der Waals surface area (Å²) in [5.41, 5.74) is 5.65. The number of nitriles is 1. The fraction of sp³-hybridized carbons (Fsp3) is 0.481. The van der Waals surface area contributed by atoms with Crippen molar-refractivity contribution in [1.29, 1.82) is 5.26 Å². The van der Waals surface area contributed by atoms with Crippen LogP contribution < -0.4 is 20.5 Å². The van der Waals surface area contributed by atoms with Gasteiger partial charge in [-0.2, -0.15) is 18.4 Å². The number of aromatic nitrogens is 1. The van der Waals surface area contributed by atoms with Crippen molar-refractivity contribution in [3.8, 4) is 11.8 Å². The second-order valence-electron chi connectivity index (χ2n) is 10.1. The van der Waals surface area contributed by atoms with Crippen LogP contribution in [0.3, 0.4) is 0 Å². The number of carbonyl (C=O) groups is 2. The summed E-state index contributed by atoms with van der Waals surface area (Å²) in [6, 6.07) is 11.1. The lowest BCUT2D eigenvalue weighted by Gasteiger charge is -2.40. The van der Waals surface area contributed by atoms with Crippen LogP contribution in [0.1, 0.15) is 28.8 Å². The number of amides is 2. The molecule has 5 rings (SSSR count). The highest BCUT2D eigenvalue weighted by atomic mass is 19.4. The maximum absolute atomic E-state index is 13.7. The van der Waals surface area contributed by atoms with Crippen molar-refractivity contribution >= 4 is 17.6 Å². The Balaban J connectivity index is 1.18. The standard InChI is InChI=1S/C27H30F3N7O3/c28-27(29,30)24-22(16-33-34-25(24)38)37-8-2-4-20(37)17-40-21-5-1-3-19(13-21)26(39)36-11-9-35(10-12-36)23-7-6-18(14-31)15-32-23/h1,3,5-7,13,15,20,22,24,33H,2,4,8-12,16-17H2,(H,34,38). The zero-order valence-electron chi connectivity index (χ0n) is 21.7. The number of benzene rings is 1. The number of carbonyl (C=O) groups excluding carboxylic acids is 2. The number of halogens is 3. The number of pyridine rings is 1. The van der Waals surface area contributed by atoms with Crippen LogP contribution in [-0.4, -0.2) is 90.7 Å². The molecule has 0 saturated carbocycles. The number of likely N-dealkylation sites (tertiary alicyclic amines) is 1. The topological polar surface area (TPSA) is 114 Å². The highest BCUT2D eigenvalue weighted by Gasteiger charge is 2.54.